The van der Waals surface area contributed by atoms with Crippen LogP contribution in [0.5, 0.6) is 11.5 Å². The van der Waals surface area contributed by atoms with Gasteiger partial charge in [-0.15, -0.1) is 0 Å². The number of rotatable bonds is 3. The lowest BCUT2D eigenvalue weighted by Crippen LogP contribution is -2.00. The van der Waals surface area contributed by atoms with Crippen LogP contribution in [-0.2, 0) is 6.54 Å². The molecule has 19 heavy (non-hydrogen) atoms. The molecule has 6 heteroatoms. The second-order valence-electron chi connectivity index (χ2n) is 3.80. The third-order valence-electron chi connectivity index (χ3n) is 2.35. The molecular formula is C13H9Cl2F2NO. The van der Waals surface area contributed by atoms with E-state index in [2.05, 4.69) is 0 Å². The van der Waals surface area contributed by atoms with Gasteiger partial charge in [0.15, 0.2) is 17.4 Å². The minimum absolute atomic E-state index is 0.0388. The zero-order chi connectivity index (χ0) is 14.0. The molecule has 0 amide bonds. The summed E-state index contributed by atoms with van der Waals surface area (Å²) in [5.74, 6) is -2.04. The Hall–Kier alpha value is -1.36. The molecule has 0 saturated heterocycles. The fourth-order valence-corrected chi connectivity index (χ4v) is 2.04. The zero-order valence-electron chi connectivity index (χ0n) is 9.59. The normalized spacial score (nSPS) is 10.6. The van der Waals surface area contributed by atoms with E-state index in [1.54, 1.807) is 0 Å². The van der Waals surface area contributed by atoms with Gasteiger partial charge in [-0.2, -0.15) is 0 Å². The van der Waals surface area contributed by atoms with E-state index in [0.717, 1.165) is 12.1 Å². The Morgan fingerprint density at radius 2 is 1.47 bits per heavy atom. The van der Waals surface area contributed by atoms with Crippen molar-refractivity contribution in [3.63, 3.8) is 0 Å². The molecule has 2 N–H and O–H groups in total. The van der Waals surface area contributed by atoms with E-state index < -0.39 is 17.4 Å². The molecule has 0 aliphatic carbocycles. The zero-order valence-corrected chi connectivity index (χ0v) is 11.1. The summed E-state index contributed by atoms with van der Waals surface area (Å²) in [5, 5.41) is 0.615. The first-order valence-corrected chi connectivity index (χ1v) is 6.07. The van der Waals surface area contributed by atoms with E-state index in [-0.39, 0.29) is 12.3 Å². The molecule has 0 radical (unpaired) electrons. The number of halogens is 4. The molecule has 2 rings (SSSR count). The Kier molecular flexibility index (Phi) is 4.24. The maximum Gasteiger partial charge on any atom is 0.198 e. The maximum absolute atomic E-state index is 13.7. The van der Waals surface area contributed by atoms with Crippen LogP contribution in [0, 0.1) is 11.6 Å². The average molecular weight is 304 g/mol. The van der Waals surface area contributed by atoms with Gasteiger partial charge >= 0.3 is 0 Å². The fourth-order valence-electron chi connectivity index (χ4n) is 1.53. The lowest BCUT2D eigenvalue weighted by Gasteiger charge is -2.10. The molecular weight excluding hydrogens is 295 g/mol. The van der Waals surface area contributed by atoms with Gasteiger partial charge < -0.3 is 10.5 Å². The largest absolute Gasteiger partial charge is 0.451 e. The van der Waals surface area contributed by atoms with Crippen molar-refractivity contribution in [2.45, 2.75) is 6.54 Å². The van der Waals surface area contributed by atoms with E-state index in [0.29, 0.717) is 15.6 Å². The van der Waals surface area contributed by atoms with Crippen LogP contribution in [0.1, 0.15) is 5.56 Å². The standard InChI is InChI=1S/C13H9Cl2F2NO/c14-8-3-9(15)5-10(4-8)19-13-11(16)1-7(6-18)2-12(13)17/h1-5H,6,18H2. The van der Waals surface area contributed by atoms with Gasteiger partial charge in [-0.25, -0.2) is 8.78 Å². The van der Waals surface area contributed by atoms with E-state index in [9.17, 15) is 8.78 Å². The summed E-state index contributed by atoms with van der Waals surface area (Å²) in [6.45, 7) is 0.0388. The number of hydrogen-bond acceptors (Lipinski definition) is 2. The second kappa shape index (κ2) is 5.74. The summed E-state index contributed by atoms with van der Waals surface area (Å²) in [6, 6.07) is 6.53. The highest BCUT2D eigenvalue weighted by Crippen LogP contribution is 2.32. The molecule has 0 unspecified atom stereocenters. The van der Waals surface area contributed by atoms with Crippen LogP contribution in [0.15, 0.2) is 30.3 Å². The Balaban J connectivity index is 2.38. The first-order chi connectivity index (χ1) is 8.99. The van der Waals surface area contributed by atoms with Crippen molar-refractivity contribution >= 4 is 23.2 Å². The first kappa shape index (κ1) is 14.1. The van der Waals surface area contributed by atoms with Crippen molar-refractivity contribution in [1.29, 1.82) is 0 Å². The maximum atomic E-state index is 13.7. The molecule has 0 spiro atoms. The highest BCUT2D eigenvalue weighted by atomic mass is 35.5. The molecule has 0 aromatic heterocycles. The van der Waals surface area contributed by atoms with Crippen molar-refractivity contribution in [1.82, 2.24) is 0 Å². The van der Waals surface area contributed by atoms with E-state index >= 15 is 0 Å². The predicted octanol–water partition coefficient (Wildman–Crippen LogP) is 4.52. The molecule has 0 fully saturated rings. The minimum Gasteiger partial charge on any atom is -0.451 e. The first-order valence-electron chi connectivity index (χ1n) is 5.31. The van der Waals surface area contributed by atoms with Crippen molar-refractivity contribution in [3.05, 3.63) is 57.6 Å². The van der Waals surface area contributed by atoms with Gasteiger partial charge in [0, 0.05) is 16.6 Å². The van der Waals surface area contributed by atoms with Gasteiger partial charge in [0.2, 0.25) is 0 Å². The lowest BCUT2D eigenvalue weighted by atomic mass is 10.2. The fraction of sp³-hybridized carbons (Fsp3) is 0.0769. The minimum atomic E-state index is -0.837. The molecule has 0 atom stereocenters. The smallest absolute Gasteiger partial charge is 0.198 e. The third-order valence-corrected chi connectivity index (χ3v) is 2.79. The topological polar surface area (TPSA) is 35.2 Å². The molecule has 0 heterocycles. The van der Waals surface area contributed by atoms with Crippen LogP contribution >= 0.6 is 23.2 Å². The molecule has 0 bridgehead atoms. The molecule has 2 nitrogen and oxygen atoms in total. The molecule has 2 aromatic rings. The quantitative estimate of drug-likeness (QED) is 0.904. The van der Waals surface area contributed by atoms with Crippen LogP contribution in [-0.4, -0.2) is 0 Å². The van der Waals surface area contributed by atoms with Gasteiger partial charge in [-0.3, -0.25) is 0 Å². The number of ether oxygens (including phenoxy) is 1. The SMILES string of the molecule is NCc1cc(F)c(Oc2cc(Cl)cc(Cl)c2)c(F)c1. The van der Waals surface area contributed by atoms with Crippen LogP contribution in [0.2, 0.25) is 10.0 Å². The lowest BCUT2D eigenvalue weighted by molar-refractivity contribution is 0.406. The Bertz CT molecular complexity index is 576. The Morgan fingerprint density at radius 3 is 1.95 bits per heavy atom. The van der Waals surface area contributed by atoms with Crippen molar-refractivity contribution in [2.75, 3.05) is 0 Å². The summed E-state index contributed by atoms with van der Waals surface area (Å²) in [4.78, 5) is 0. The molecule has 100 valence electrons. The Labute approximate surface area is 118 Å². The summed E-state index contributed by atoms with van der Waals surface area (Å²) in [7, 11) is 0. The highest BCUT2D eigenvalue weighted by Gasteiger charge is 2.14. The van der Waals surface area contributed by atoms with Gasteiger partial charge in [0.05, 0.1) is 0 Å². The number of hydrogen-bond donors (Lipinski definition) is 1. The van der Waals surface area contributed by atoms with Crippen molar-refractivity contribution in [3.8, 4) is 11.5 Å². The second-order valence-corrected chi connectivity index (χ2v) is 4.67. The van der Waals surface area contributed by atoms with E-state index in [1.807, 2.05) is 0 Å². The highest BCUT2D eigenvalue weighted by molar-refractivity contribution is 6.34. The van der Waals surface area contributed by atoms with Gasteiger partial charge in [-0.05, 0) is 35.9 Å². The monoisotopic (exact) mass is 303 g/mol. The summed E-state index contributed by atoms with van der Waals surface area (Å²) < 4.78 is 32.5. The summed E-state index contributed by atoms with van der Waals surface area (Å²) in [5.41, 5.74) is 5.66. The van der Waals surface area contributed by atoms with Gasteiger partial charge in [0.1, 0.15) is 5.75 Å². The average Bonchev–Trinajstić information content (AvgIpc) is 2.32. The molecule has 0 aliphatic rings. The van der Waals surface area contributed by atoms with Crippen LogP contribution < -0.4 is 10.5 Å². The predicted molar refractivity (Wildman–Crippen MR) is 70.8 cm³/mol. The summed E-state index contributed by atoms with van der Waals surface area (Å²) in [6.07, 6.45) is 0. The van der Waals surface area contributed by atoms with Crippen molar-refractivity contribution < 1.29 is 13.5 Å². The van der Waals surface area contributed by atoms with E-state index in [4.69, 9.17) is 33.7 Å². The van der Waals surface area contributed by atoms with Gasteiger partial charge in [-0.1, -0.05) is 23.2 Å². The van der Waals surface area contributed by atoms with Crippen LogP contribution in [0.3, 0.4) is 0 Å². The van der Waals surface area contributed by atoms with E-state index in [1.165, 1.54) is 18.2 Å². The van der Waals surface area contributed by atoms with Crippen LogP contribution in [0.4, 0.5) is 8.78 Å². The van der Waals surface area contributed by atoms with Crippen LogP contribution in [0.25, 0.3) is 0 Å². The summed E-state index contributed by atoms with van der Waals surface area (Å²) >= 11 is 11.6. The molecule has 2 aromatic carbocycles. The molecule has 0 aliphatic heterocycles. The Morgan fingerprint density at radius 1 is 0.947 bits per heavy atom. The third kappa shape index (κ3) is 3.35. The number of nitrogens with two attached hydrogens (primary N) is 1. The number of benzene rings is 2. The van der Waals surface area contributed by atoms with Gasteiger partial charge in [0.25, 0.3) is 0 Å². The molecule has 0 saturated carbocycles. The van der Waals surface area contributed by atoms with Crippen molar-refractivity contribution in [2.24, 2.45) is 5.73 Å².